The van der Waals surface area contributed by atoms with Crippen molar-refractivity contribution in [1.29, 1.82) is 0 Å². The summed E-state index contributed by atoms with van der Waals surface area (Å²) in [6.07, 6.45) is 0.778. The molecule has 2 aromatic rings. The van der Waals surface area contributed by atoms with E-state index >= 15 is 0 Å². The summed E-state index contributed by atoms with van der Waals surface area (Å²) in [5, 5.41) is 4.27. The highest BCUT2D eigenvalue weighted by Gasteiger charge is 2.21. The van der Waals surface area contributed by atoms with Crippen LogP contribution in [-0.2, 0) is 29.1 Å². The lowest BCUT2D eigenvalue weighted by Gasteiger charge is -2.09. The van der Waals surface area contributed by atoms with Crippen LogP contribution in [0.3, 0.4) is 0 Å². The van der Waals surface area contributed by atoms with Gasteiger partial charge in [0.2, 0.25) is 0 Å². The molecule has 0 spiro atoms. The highest BCUT2D eigenvalue weighted by Crippen LogP contribution is 2.25. The van der Waals surface area contributed by atoms with Crippen LogP contribution >= 0.6 is 0 Å². The van der Waals surface area contributed by atoms with E-state index in [1.165, 1.54) is 0 Å². The molecule has 0 radical (unpaired) electrons. The monoisotopic (exact) mass is 293 g/mol. The van der Waals surface area contributed by atoms with E-state index in [1.54, 1.807) is 36.9 Å². The largest absolute Gasteiger partial charge is 0.397 e. The third kappa shape index (κ3) is 2.70. The molecule has 1 heterocycles. The quantitative estimate of drug-likeness (QED) is 0.873. The number of aryl methyl sites for hydroxylation is 3. The zero-order valence-electron chi connectivity index (χ0n) is 11.9. The number of nitrogens with two attached hydrogens (primary N) is 1. The van der Waals surface area contributed by atoms with E-state index < -0.39 is 9.84 Å². The summed E-state index contributed by atoms with van der Waals surface area (Å²) in [6.45, 7) is 3.78. The lowest BCUT2D eigenvalue weighted by Crippen LogP contribution is -2.11. The first-order valence-electron chi connectivity index (χ1n) is 6.44. The third-order valence-electron chi connectivity index (χ3n) is 3.35. The van der Waals surface area contributed by atoms with Gasteiger partial charge in [0.1, 0.15) is 0 Å². The third-order valence-corrected chi connectivity index (χ3v) is 5.05. The Morgan fingerprint density at radius 1 is 1.35 bits per heavy atom. The molecule has 2 N–H and O–H groups in total. The van der Waals surface area contributed by atoms with Gasteiger partial charge >= 0.3 is 0 Å². The number of aromatic nitrogens is 2. The Kier molecular flexibility index (Phi) is 3.85. The Morgan fingerprint density at radius 2 is 2.05 bits per heavy atom. The Labute approximate surface area is 119 Å². The highest BCUT2D eigenvalue weighted by molar-refractivity contribution is 7.90. The van der Waals surface area contributed by atoms with Crippen molar-refractivity contribution >= 4 is 15.5 Å². The van der Waals surface area contributed by atoms with E-state index in [2.05, 4.69) is 5.10 Å². The first-order chi connectivity index (χ1) is 9.35. The topological polar surface area (TPSA) is 78.0 Å². The number of sulfone groups is 1. The molecule has 0 aliphatic rings. The van der Waals surface area contributed by atoms with Crippen molar-refractivity contribution in [1.82, 2.24) is 9.78 Å². The molecule has 0 amide bonds. The molecule has 20 heavy (non-hydrogen) atoms. The average Bonchev–Trinajstić information content (AvgIpc) is 2.72. The zero-order valence-corrected chi connectivity index (χ0v) is 12.7. The van der Waals surface area contributed by atoms with Crippen LogP contribution in [0, 0.1) is 6.92 Å². The molecule has 2 rings (SSSR count). The second kappa shape index (κ2) is 5.28. The molecule has 6 heteroatoms. The van der Waals surface area contributed by atoms with Crippen LogP contribution < -0.4 is 5.73 Å². The lowest BCUT2D eigenvalue weighted by molar-refractivity contribution is 0.592. The molecule has 108 valence electrons. The van der Waals surface area contributed by atoms with E-state index in [0.29, 0.717) is 11.4 Å². The minimum Gasteiger partial charge on any atom is -0.397 e. The highest BCUT2D eigenvalue weighted by atomic mass is 32.2. The molecule has 0 bridgehead atoms. The average molecular weight is 293 g/mol. The fourth-order valence-electron chi connectivity index (χ4n) is 2.08. The summed E-state index contributed by atoms with van der Waals surface area (Å²) in [5.74, 6) is -0.0931. The fraction of sp³-hybridized carbons (Fsp3) is 0.357. The SMILES string of the molecule is CCc1cc(CS(=O)(=O)c2cccc(C)c2N)n(C)n1. The zero-order chi connectivity index (χ0) is 14.9. The summed E-state index contributed by atoms with van der Waals surface area (Å²) in [5.41, 5.74) is 8.54. The molecule has 0 atom stereocenters. The molecule has 5 nitrogen and oxygen atoms in total. The number of benzene rings is 1. The standard InChI is InChI=1S/C14H19N3O2S/c1-4-11-8-12(17(3)16-11)9-20(18,19)13-7-5-6-10(2)14(13)15/h5-8H,4,9,15H2,1-3H3. The predicted molar refractivity (Wildman–Crippen MR) is 79.1 cm³/mol. The van der Waals surface area contributed by atoms with Crippen molar-refractivity contribution in [2.45, 2.75) is 30.9 Å². The molecule has 0 unspecified atom stereocenters. The predicted octanol–water partition coefficient (Wildman–Crippen LogP) is 1.85. The van der Waals surface area contributed by atoms with Gasteiger partial charge in [-0.15, -0.1) is 0 Å². The first kappa shape index (κ1) is 14.6. The second-order valence-corrected chi connectivity index (χ2v) is 6.81. The Balaban J connectivity index is 2.40. The van der Waals surface area contributed by atoms with E-state index in [1.807, 2.05) is 13.0 Å². The smallest absolute Gasteiger partial charge is 0.186 e. The van der Waals surface area contributed by atoms with Crippen LogP contribution in [0.25, 0.3) is 0 Å². The first-order valence-corrected chi connectivity index (χ1v) is 8.10. The van der Waals surface area contributed by atoms with Crippen LogP contribution in [-0.4, -0.2) is 18.2 Å². The van der Waals surface area contributed by atoms with E-state index in [4.69, 9.17) is 5.73 Å². The molecule has 0 fully saturated rings. The van der Waals surface area contributed by atoms with Crippen LogP contribution in [0.4, 0.5) is 5.69 Å². The number of nitrogens with zero attached hydrogens (tertiary/aromatic N) is 2. The molecule has 0 aliphatic heterocycles. The van der Waals surface area contributed by atoms with Gasteiger partial charge in [0, 0.05) is 7.05 Å². The summed E-state index contributed by atoms with van der Waals surface area (Å²) in [6, 6.07) is 6.88. The molecule has 0 saturated heterocycles. The Bertz CT molecular complexity index is 733. The maximum Gasteiger partial charge on any atom is 0.186 e. The number of rotatable bonds is 4. The van der Waals surface area contributed by atoms with Gasteiger partial charge in [0.05, 0.1) is 27.7 Å². The van der Waals surface area contributed by atoms with Crippen LogP contribution in [0.1, 0.15) is 23.9 Å². The Morgan fingerprint density at radius 3 is 2.65 bits per heavy atom. The van der Waals surface area contributed by atoms with Crippen molar-refractivity contribution in [3.8, 4) is 0 Å². The van der Waals surface area contributed by atoms with Gasteiger partial charge < -0.3 is 5.73 Å². The van der Waals surface area contributed by atoms with Crippen molar-refractivity contribution in [2.24, 2.45) is 7.05 Å². The number of anilines is 1. The van der Waals surface area contributed by atoms with Gasteiger partial charge in [-0.1, -0.05) is 19.1 Å². The van der Waals surface area contributed by atoms with Gasteiger partial charge in [0.15, 0.2) is 9.84 Å². The van der Waals surface area contributed by atoms with E-state index in [-0.39, 0.29) is 10.6 Å². The van der Waals surface area contributed by atoms with Gasteiger partial charge in [-0.3, -0.25) is 4.68 Å². The van der Waals surface area contributed by atoms with Crippen LogP contribution in [0.15, 0.2) is 29.2 Å². The number of hydrogen-bond donors (Lipinski definition) is 1. The molecule has 1 aromatic carbocycles. The fourth-order valence-corrected chi connectivity index (χ4v) is 3.67. The molecular weight excluding hydrogens is 274 g/mol. The van der Waals surface area contributed by atoms with Crippen LogP contribution in [0.2, 0.25) is 0 Å². The minimum absolute atomic E-state index is 0.0931. The second-order valence-electron chi connectivity index (χ2n) is 4.85. The van der Waals surface area contributed by atoms with E-state index in [0.717, 1.165) is 17.7 Å². The minimum atomic E-state index is -3.47. The number of hydrogen-bond acceptors (Lipinski definition) is 4. The van der Waals surface area contributed by atoms with Crippen LogP contribution in [0.5, 0.6) is 0 Å². The van der Waals surface area contributed by atoms with Gasteiger partial charge in [-0.2, -0.15) is 5.10 Å². The molecule has 1 aromatic heterocycles. The van der Waals surface area contributed by atoms with E-state index in [9.17, 15) is 8.42 Å². The maximum atomic E-state index is 12.5. The van der Waals surface area contributed by atoms with Crippen molar-refractivity contribution in [3.05, 3.63) is 41.2 Å². The summed E-state index contributed by atoms with van der Waals surface area (Å²) in [4.78, 5) is 0.191. The van der Waals surface area contributed by atoms with Gasteiger partial charge in [-0.05, 0) is 31.0 Å². The molecule has 0 saturated carbocycles. The van der Waals surface area contributed by atoms with Gasteiger partial charge in [-0.25, -0.2) is 8.42 Å². The number of para-hydroxylation sites is 1. The summed E-state index contributed by atoms with van der Waals surface area (Å²) < 4.78 is 26.6. The van der Waals surface area contributed by atoms with Gasteiger partial charge in [0.25, 0.3) is 0 Å². The maximum absolute atomic E-state index is 12.5. The Hall–Kier alpha value is -1.82. The summed E-state index contributed by atoms with van der Waals surface area (Å²) in [7, 11) is -1.72. The normalized spacial score (nSPS) is 11.8. The number of nitrogen functional groups attached to an aromatic ring is 1. The lowest BCUT2D eigenvalue weighted by atomic mass is 10.2. The molecular formula is C14H19N3O2S. The molecule has 0 aliphatic carbocycles. The van der Waals surface area contributed by atoms with Crippen molar-refractivity contribution < 1.29 is 8.42 Å². The summed E-state index contributed by atoms with van der Waals surface area (Å²) >= 11 is 0. The van der Waals surface area contributed by atoms with Crippen molar-refractivity contribution in [3.63, 3.8) is 0 Å². The van der Waals surface area contributed by atoms with Crippen molar-refractivity contribution in [2.75, 3.05) is 5.73 Å².